The summed E-state index contributed by atoms with van der Waals surface area (Å²) in [5.41, 5.74) is 0. The van der Waals surface area contributed by atoms with Gasteiger partial charge in [0.1, 0.15) is 0 Å². The van der Waals surface area contributed by atoms with Crippen LogP contribution in [0.1, 0.15) is 52.4 Å². The molecule has 0 amide bonds. The summed E-state index contributed by atoms with van der Waals surface area (Å²) in [6, 6.07) is 0. The third-order valence-corrected chi connectivity index (χ3v) is 3.33. The molecule has 0 spiro atoms. The smallest absolute Gasteiger partial charge is 0.0920 e. The van der Waals surface area contributed by atoms with E-state index in [0.717, 1.165) is 0 Å². The number of hydrogen-bond donors (Lipinski definition) is 0. The van der Waals surface area contributed by atoms with Crippen LogP contribution in [-0.2, 0) is 0 Å². The van der Waals surface area contributed by atoms with Gasteiger partial charge in [0.25, 0.3) is 0 Å². The fourth-order valence-corrected chi connectivity index (χ4v) is 2.34. The highest BCUT2D eigenvalue weighted by atomic mass is 15.3. The second-order valence-electron chi connectivity index (χ2n) is 4.62. The zero-order chi connectivity index (χ0) is 10.3. The highest BCUT2D eigenvalue weighted by Gasteiger charge is 2.26. The molecule has 1 unspecified atom stereocenters. The molecule has 1 rings (SSSR count). The minimum Gasteiger partial charge on any atom is -0.297 e. The van der Waals surface area contributed by atoms with Crippen LogP contribution < -0.4 is 0 Å². The van der Waals surface area contributed by atoms with Crippen LogP contribution in [0.25, 0.3) is 0 Å². The van der Waals surface area contributed by atoms with Gasteiger partial charge in [-0.05, 0) is 25.3 Å². The summed E-state index contributed by atoms with van der Waals surface area (Å²) in [4.78, 5) is 0. The van der Waals surface area contributed by atoms with Crippen LogP contribution in [0, 0.1) is 0 Å². The molecule has 0 aliphatic carbocycles. The Hall–Kier alpha value is -0.300. The van der Waals surface area contributed by atoms with Gasteiger partial charge in [0, 0.05) is 6.42 Å². The molecule has 82 valence electrons. The summed E-state index contributed by atoms with van der Waals surface area (Å²) in [5.74, 6) is 0. The first-order valence-corrected chi connectivity index (χ1v) is 6.36. The standard InChI is InChI=1S/C13H26N/c1-3-5-7-11-14(10-6-4-2)12-8-9-13-14/h8,12H,3-7,9-11,13H2,1-2H3/q+1. The van der Waals surface area contributed by atoms with Crippen molar-refractivity contribution in [3.63, 3.8) is 0 Å². The van der Waals surface area contributed by atoms with Crippen molar-refractivity contribution in [2.75, 3.05) is 19.6 Å². The van der Waals surface area contributed by atoms with Gasteiger partial charge in [0.05, 0.1) is 25.8 Å². The molecule has 0 saturated carbocycles. The predicted molar refractivity (Wildman–Crippen MR) is 63.1 cm³/mol. The van der Waals surface area contributed by atoms with E-state index in [-0.39, 0.29) is 0 Å². The van der Waals surface area contributed by atoms with Crippen LogP contribution >= 0.6 is 0 Å². The zero-order valence-electron chi connectivity index (χ0n) is 9.97. The summed E-state index contributed by atoms with van der Waals surface area (Å²) in [7, 11) is 0. The Morgan fingerprint density at radius 3 is 2.29 bits per heavy atom. The average Bonchev–Trinajstić information content (AvgIpc) is 2.65. The third kappa shape index (κ3) is 3.45. The molecule has 0 bridgehead atoms. The van der Waals surface area contributed by atoms with Gasteiger partial charge in [-0.1, -0.05) is 26.7 Å². The summed E-state index contributed by atoms with van der Waals surface area (Å²) in [6.07, 6.45) is 13.0. The first kappa shape index (κ1) is 11.8. The number of nitrogens with zero attached hydrogens (tertiary/aromatic N) is 1. The summed E-state index contributed by atoms with van der Waals surface area (Å²) >= 11 is 0. The topological polar surface area (TPSA) is 0 Å². The number of unbranched alkanes of at least 4 members (excludes halogenated alkanes) is 3. The number of quaternary nitrogens is 1. The maximum atomic E-state index is 2.46. The fraction of sp³-hybridized carbons (Fsp3) is 0.846. The first-order chi connectivity index (χ1) is 6.83. The Kier molecular flexibility index (Phi) is 5.24. The first-order valence-electron chi connectivity index (χ1n) is 6.36. The van der Waals surface area contributed by atoms with Gasteiger partial charge < -0.3 is 0 Å². The van der Waals surface area contributed by atoms with Crippen LogP contribution in [0.15, 0.2) is 12.3 Å². The molecule has 0 aromatic rings. The average molecular weight is 196 g/mol. The summed E-state index contributed by atoms with van der Waals surface area (Å²) in [5, 5.41) is 0. The Labute approximate surface area is 89.4 Å². The largest absolute Gasteiger partial charge is 0.297 e. The predicted octanol–water partition coefficient (Wildman–Crippen LogP) is 3.71. The van der Waals surface area contributed by atoms with E-state index in [9.17, 15) is 0 Å². The van der Waals surface area contributed by atoms with Gasteiger partial charge in [-0.15, -0.1) is 0 Å². The molecule has 0 radical (unpaired) electrons. The lowest BCUT2D eigenvalue weighted by molar-refractivity contribution is -0.874. The zero-order valence-corrected chi connectivity index (χ0v) is 9.97. The molecule has 14 heavy (non-hydrogen) atoms. The molecule has 0 aromatic carbocycles. The molecule has 0 saturated heterocycles. The molecule has 0 N–H and O–H groups in total. The summed E-state index contributed by atoms with van der Waals surface area (Å²) < 4.78 is 1.29. The minimum atomic E-state index is 1.29. The Balaban J connectivity index is 2.33. The van der Waals surface area contributed by atoms with E-state index in [1.165, 1.54) is 62.6 Å². The highest BCUT2D eigenvalue weighted by molar-refractivity contribution is 4.81. The molecule has 1 aliphatic heterocycles. The molecule has 0 aromatic heterocycles. The van der Waals surface area contributed by atoms with Crippen molar-refractivity contribution in [2.45, 2.75) is 52.4 Å². The highest BCUT2D eigenvalue weighted by Crippen LogP contribution is 2.20. The van der Waals surface area contributed by atoms with Crippen molar-refractivity contribution < 1.29 is 4.48 Å². The molecule has 1 heteroatoms. The molecule has 0 fully saturated rings. The van der Waals surface area contributed by atoms with Gasteiger partial charge in [0.2, 0.25) is 0 Å². The van der Waals surface area contributed by atoms with Crippen LogP contribution in [-0.4, -0.2) is 24.1 Å². The maximum absolute atomic E-state index is 2.46. The Bertz CT molecular complexity index is 174. The summed E-state index contributed by atoms with van der Waals surface area (Å²) in [6.45, 7) is 8.70. The molecular weight excluding hydrogens is 170 g/mol. The molecular formula is C13H26N+. The molecule has 1 atom stereocenters. The maximum Gasteiger partial charge on any atom is 0.0920 e. The Morgan fingerprint density at radius 1 is 1.00 bits per heavy atom. The molecule has 1 nitrogen and oxygen atoms in total. The lowest BCUT2D eigenvalue weighted by atomic mass is 10.2. The third-order valence-electron chi connectivity index (χ3n) is 3.33. The van der Waals surface area contributed by atoms with E-state index >= 15 is 0 Å². The van der Waals surface area contributed by atoms with E-state index < -0.39 is 0 Å². The fourth-order valence-electron chi connectivity index (χ4n) is 2.34. The van der Waals surface area contributed by atoms with Gasteiger partial charge in [-0.25, -0.2) is 0 Å². The second-order valence-corrected chi connectivity index (χ2v) is 4.62. The van der Waals surface area contributed by atoms with Crippen molar-refractivity contribution in [2.24, 2.45) is 0 Å². The van der Waals surface area contributed by atoms with Crippen LogP contribution in [0.2, 0.25) is 0 Å². The van der Waals surface area contributed by atoms with Crippen molar-refractivity contribution in [1.29, 1.82) is 0 Å². The lowest BCUT2D eigenvalue weighted by Crippen LogP contribution is -2.42. The normalized spacial score (nSPS) is 25.9. The van der Waals surface area contributed by atoms with E-state index in [1.807, 2.05) is 0 Å². The second kappa shape index (κ2) is 6.23. The van der Waals surface area contributed by atoms with E-state index in [2.05, 4.69) is 26.1 Å². The van der Waals surface area contributed by atoms with Crippen molar-refractivity contribution >= 4 is 0 Å². The van der Waals surface area contributed by atoms with Gasteiger partial charge in [-0.2, -0.15) is 0 Å². The monoisotopic (exact) mass is 196 g/mol. The van der Waals surface area contributed by atoms with E-state index in [0.29, 0.717) is 0 Å². The van der Waals surface area contributed by atoms with E-state index in [1.54, 1.807) is 0 Å². The van der Waals surface area contributed by atoms with Gasteiger partial charge in [0.15, 0.2) is 0 Å². The minimum absolute atomic E-state index is 1.29. The van der Waals surface area contributed by atoms with E-state index in [4.69, 9.17) is 0 Å². The van der Waals surface area contributed by atoms with Crippen LogP contribution in [0.3, 0.4) is 0 Å². The SMILES string of the molecule is CCCCC[N+]1(CCCC)C=CCC1. The van der Waals surface area contributed by atoms with Crippen LogP contribution in [0.4, 0.5) is 0 Å². The quantitative estimate of drug-likeness (QED) is 0.430. The number of hydrogen-bond acceptors (Lipinski definition) is 0. The van der Waals surface area contributed by atoms with Gasteiger partial charge >= 0.3 is 0 Å². The molecule has 1 heterocycles. The van der Waals surface area contributed by atoms with Crippen molar-refractivity contribution in [3.8, 4) is 0 Å². The van der Waals surface area contributed by atoms with Gasteiger partial charge in [-0.3, -0.25) is 4.48 Å². The van der Waals surface area contributed by atoms with Crippen molar-refractivity contribution in [1.82, 2.24) is 0 Å². The Morgan fingerprint density at radius 2 is 1.71 bits per heavy atom. The molecule has 1 aliphatic rings. The van der Waals surface area contributed by atoms with Crippen molar-refractivity contribution in [3.05, 3.63) is 12.3 Å². The van der Waals surface area contributed by atoms with Crippen LogP contribution in [0.5, 0.6) is 0 Å². The lowest BCUT2D eigenvalue weighted by Gasteiger charge is -2.32. The number of rotatable bonds is 7.